The van der Waals surface area contributed by atoms with Gasteiger partial charge in [0.2, 0.25) is 0 Å². The summed E-state index contributed by atoms with van der Waals surface area (Å²) in [4.78, 5) is -0.0752. The Morgan fingerprint density at radius 2 is 1.87 bits per heavy atom. The summed E-state index contributed by atoms with van der Waals surface area (Å²) >= 11 is 5.92. The Morgan fingerprint density at radius 3 is 2.55 bits per heavy atom. The third-order valence-corrected chi connectivity index (χ3v) is 9.32. The van der Waals surface area contributed by atoms with Crippen molar-refractivity contribution in [3.63, 3.8) is 0 Å². The number of fused-ring (bicyclic) bond motifs is 3. The minimum Gasteiger partial charge on any atom is -0.490 e. The Labute approximate surface area is 184 Å². The Hall–Kier alpha value is -2.21. The molecule has 2 aromatic rings. The molecule has 1 aliphatic carbocycles. The first-order valence-corrected chi connectivity index (χ1v) is 11.8. The second-order valence-corrected chi connectivity index (χ2v) is 10.6. The highest BCUT2D eigenvalue weighted by atomic mass is 35.5. The lowest BCUT2D eigenvalue weighted by Gasteiger charge is -2.51. The molecule has 2 aliphatic rings. The molecular weight excluding hydrogens is 448 g/mol. The fourth-order valence-corrected chi connectivity index (χ4v) is 7.63. The number of nitrogens with zero attached hydrogens (tertiary/aromatic N) is 1. The number of ether oxygens (including phenoxy) is 1. The predicted octanol–water partition coefficient (Wildman–Crippen LogP) is 4.37. The lowest BCUT2D eigenvalue weighted by molar-refractivity contribution is -0.0234. The molecule has 0 radical (unpaired) electrons. The number of aliphatic hydroxyl groups excluding tert-OH is 1. The van der Waals surface area contributed by atoms with E-state index in [4.69, 9.17) is 21.6 Å². The number of hydrogen-bond donors (Lipinski definition) is 1. The summed E-state index contributed by atoms with van der Waals surface area (Å²) < 4.78 is 61.7. The van der Waals surface area contributed by atoms with Gasteiger partial charge in [-0.15, -0.1) is 0 Å². The van der Waals surface area contributed by atoms with Crippen LogP contribution in [-0.4, -0.2) is 26.2 Å². The van der Waals surface area contributed by atoms with Crippen LogP contribution in [0.2, 0.25) is 5.02 Å². The number of rotatable bonds is 4. The Bertz CT molecular complexity index is 1150. The summed E-state index contributed by atoms with van der Waals surface area (Å²) in [6, 6.07) is 9.34. The van der Waals surface area contributed by atoms with Crippen LogP contribution < -0.4 is 4.74 Å². The van der Waals surface area contributed by atoms with Crippen LogP contribution in [0.1, 0.15) is 31.2 Å². The molecule has 0 unspecified atom stereocenters. The molecular formula is C22H20ClF2NO4S. The number of halogens is 3. The van der Waals surface area contributed by atoms with E-state index in [1.165, 1.54) is 24.3 Å². The van der Waals surface area contributed by atoms with Gasteiger partial charge in [-0.3, -0.25) is 0 Å². The van der Waals surface area contributed by atoms with Crippen LogP contribution in [-0.2, 0) is 14.6 Å². The lowest BCUT2D eigenvalue weighted by Crippen LogP contribution is -2.57. The summed E-state index contributed by atoms with van der Waals surface area (Å²) in [6.07, 6.45) is -0.615. The molecule has 5 nitrogen and oxygen atoms in total. The molecule has 9 heteroatoms. The molecule has 2 aromatic carbocycles. The van der Waals surface area contributed by atoms with Crippen LogP contribution >= 0.6 is 11.6 Å². The van der Waals surface area contributed by atoms with Crippen molar-refractivity contribution in [2.75, 3.05) is 6.61 Å². The maximum absolute atomic E-state index is 15.2. The fraction of sp³-hybridized carbons (Fsp3) is 0.409. The molecule has 164 valence electrons. The summed E-state index contributed by atoms with van der Waals surface area (Å²) in [7, 11) is -4.27. The molecule has 1 fully saturated rings. The zero-order valence-corrected chi connectivity index (χ0v) is 18.0. The molecule has 1 N–H and O–H groups in total. The van der Waals surface area contributed by atoms with Gasteiger partial charge in [-0.25, -0.2) is 17.2 Å². The van der Waals surface area contributed by atoms with Gasteiger partial charge in [-0.2, -0.15) is 5.26 Å². The number of hydrogen-bond acceptors (Lipinski definition) is 5. The summed E-state index contributed by atoms with van der Waals surface area (Å²) in [6.45, 7) is -0.215. The van der Waals surface area contributed by atoms with E-state index < -0.39 is 49.9 Å². The number of sulfone groups is 1. The van der Waals surface area contributed by atoms with Gasteiger partial charge in [0.05, 0.1) is 29.2 Å². The SMILES string of the molecule is N#CCC[C@@H]1[C@H](O)CC[C@@]2(S(=O)(=O)c3ccc(Cl)cc3)c3c(F)ccc(F)c3OC[C@@H]12. The van der Waals surface area contributed by atoms with Crippen LogP contribution in [0.4, 0.5) is 8.78 Å². The molecule has 1 aliphatic heterocycles. The van der Waals surface area contributed by atoms with E-state index >= 15 is 4.39 Å². The first-order valence-electron chi connectivity index (χ1n) is 9.90. The average molecular weight is 468 g/mol. The van der Waals surface area contributed by atoms with Gasteiger partial charge in [-0.1, -0.05) is 11.6 Å². The zero-order valence-electron chi connectivity index (χ0n) is 16.4. The molecule has 0 saturated heterocycles. The molecule has 0 spiro atoms. The van der Waals surface area contributed by atoms with Crippen molar-refractivity contribution in [2.24, 2.45) is 11.8 Å². The van der Waals surface area contributed by atoms with Gasteiger partial charge in [0.15, 0.2) is 21.4 Å². The van der Waals surface area contributed by atoms with Crippen LogP contribution in [0.25, 0.3) is 0 Å². The van der Waals surface area contributed by atoms with Crippen LogP contribution in [0.3, 0.4) is 0 Å². The van der Waals surface area contributed by atoms with Crippen molar-refractivity contribution >= 4 is 21.4 Å². The Kier molecular flexibility index (Phi) is 5.71. The van der Waals surface area contributed by atoms with Crippen molar-refractivity contribution in [3.8, 4) is 11.8 Å². The van der Waals surface area contributed by atoms with E-state index in [0.29, 0.717) is 5.02 Å². The minimum absolute atomic E-state index is 0.0643. The topological polar surface area (TPSA) is 87.4 Å². The van der Waals surface area contributed by atoms with E-state index in [-0.39, 0.29) is 42.7 Å². The second kappa shape index (κ2) is 8.05. The van der Waals surface area contributed by atoms with Crippen LogP contribution in [0.5, 0.6) is 5.75 Å². The maximum Gasteiger partial charge on any atom is 0.188 e. The molecule has 1 heterocycles. The number of nitriles is 1. The lowest BCUT2D eigenvalue weighted by atomic mass is 9.65. The van der Waals surface area contributed by atoms with Crippen molar-refractivity contribution in [1.29, 1.82) is 5.26 Å². The van der Waals surface area contributed by atoms with Crippen molar-refractivity contribution in [2.45, 2.75) is 41.4 Å². The quantitative estimate of drug-likeness (QED) is 0.721. The molecule has 0 amide bonds. The van der Waals surface area contributed by atoms with Crippen LogP contribution in [0.15, 0.2) is 41.3 Å². The zero-order chi connectivity index (χ0) is 22.4. The molecule has 4 atom stereocenters. The first kappa shape index (κ1) is 22.0. The molecule has 0 aromatic heterocycles. The third kappa shape index (κ3) is 3.30. The van der Waals surface area contributed by atoms with Crippen LogP contribution in [0, 0.1) is 34.8 Å². The maximum atomic E-state index is 15.2. The van der Waals surface area contributed by atoms with E-state index in [0.717, 1.165) is 12.1 Å². The summed E-state index contributed by atoms with van der Waals surface area (Å²) in [5.41, 5.74) is -0.340. The van der Waals surface area contributed by atoms with E-state index in [1.807, 2.05) is 6.07 Å². The van der Waals surface area contributed by atoms with Gasteiger partial charge in [-0.05, 0) is 61.6 Å². The van der Waals surface area contributed by atoms with Gasteiger partial charge >= 0.3 is 0 Å². The van der Waals surface area contributed by atoms with E-state index in [1.54, 1.807) is 0 Å². The normalized spacial score (nSPS) is 27.5. The largest absolute Gasteiger partial charge is 0.490 e. The van der Waals surface area contributed by atoms with E-state index in [9.17, 15) is 17.9 Å². The standard InChI is InChI=1S/C22H20ClF2NO4S/c23-13-3-5-14(6-4-13)31(28,29)22-10-9-19(27)15(2-1-11-26)16(22)12-30-21-18(25)8-7-17(24)20(21)22/h3-8,15-16,19,27H,1-2,9-10,12H2/t15-,16-,19+,22-/m0/s1. The number of benzene rings is 2. The van der Waals surface area contributed by atoms with Gasteiger partial charge in [0, 0.05) is 17.4 Å². The summed E-state index contributed by atoms with van der Waals surface area (Å²) in [5, 5.41) is 20.0. The highest BCUT2D eigenvalue weighted by Gasteiger charge is 2.62. The van der Waals surface area contributed by atoms with E-state index in [2.05, 4.69) is 0 Å². The smallest absolute Gasteiger partial charge is 0.188 e. The van der Waals surface area contributed by atoms with Crippen molar-refractivity contribution in [1.82, 2.24) is 0 Å². The highest BCUT2D eigenvalue weighted by molar-refractivity contribution is 7.92. The van der Waals surface area contributed by atoms with Gasteiger partial charge < -0.3 is 9.84 Å². The van der Waals surface area contributed by atoms with Crippen molar-refractivity contribution < 1.29 is 27.0 Å². The third-order valence-electron chi connectivity index (χ3n) is 6.50. The predicted molar refractivity (Wildman–Crippen MR) is 109 cm³/mol. The molecule has 31 heavy (non-hydrogen) atoms. The monoisotopic (exact) mass is 467 g/mol. The number of aliphatic hydroxyl groups is 1. The van der Waals surface area contributed by atoms with Gasteiger partial charge in [0.25, 0.3) is 0 Å². The second-order valence-electron chi connectivity index (χ2n) is 7.96. The highest BCUT2D eigenvalue weighted by Crippen LogP contribution is 2.58. The Balaban J connectivity index is 2.01. The van der Waals surface area contributed by atoms with Crippen molar-refractivity contribution in [3.05, 3.63) is 58.6 Å². The Morgan fingerprint density at radius 1 is 1.19 bits per heavy atom. The molecule has 4 rings (SSSR count). The first-order chi connectivity index (χ1) is 14.7. The minimum atomic E-state index is -4.27. The molecule has 0 bridgehead atoms. The average Bonchev–Trinajstić information content (AvgIpc) is 2.75. The summed E-state index contributed by atoms with van der Waals surface area (Å²) in [5.74, 6) is -3.64. The fourth-order valence-electron chi connectivity index (χ4n) is 5.10. The molecule has 1 saturated carbocycles. The van der Waals surface area contributed by atoms with Gasteiger partial charge in [0.1, 0.15) is 10.6 Å².